The summed E-state index contributed by atoms with van der Waals surface area (Å²) >= 11 is 6.02. The molecule has 0 saturated carbocycles. The van der Waals surface area contributed by atoms with Crippen molar-refractivity contribution < 1.29 is 14.3 Å². The van der Waals surface area contributed by atoms with Crippen LogP contribution in [0.4, 0.5) is 11.4 Å². The van der Waals surface area contributed by atoms with E-state index in [4.69, 9.17) is 21.1 Å². The molecular formula is C15H21ClN2O3. The van der Waals surface area contributed by atoms with Gasteiger partial charge in [-0.15, -0.1) is 0 Å². The molecule has 5 nitrogen and oxygen atoms in total. The number of ether oxygens (including phenoxy) is 2. The highest BCUT2D eigenvalue weighted by molar-refractivity contribution is 6.31. The van der Waals surface area contributed by atoms with Gasteiger partial charge in [0.1, 0.15) is 6.04 Å². The van der Waals surface area contributed by atoms with Crippen LogP contribution >= 0.6 is 11.6 Å². The molecule has 0 aromatic heterocycles. The number of anilines is 2. The molecule has 1 aliphatic heterocycles. The standard InChI is InChI=1S/C15H21ClN2O3/c1-4-20-14(21-5-2)9-18-13-7-6-11(16)8-12(13)17-10(3)15(18)19/h6-8,10,14,17H,4-5,9H2,1-3H3. The van der Waals surface area contributed by atoms with E-state index in [0.717, 1.165) is 11.4 Å². The van der Waals surface area contributed by atoms with Gasteiger partial charge in [-0.05, 0) is 39.0 Å². The summed E-state index contributed by atoms with van der Waals surface area (Å²) in [6.07, 6.45) is -0.433. The van der Waals surface area contributed by atoms with E-state index < -0.39 is 6.29 Å². The van der Waals surface area contributed by atoms with Crippen molar-refractivity contribution in [3.8, 4) is 0 Å². The first-order chi connectivity index (χ1) is 10.1. The van der Waals surface area contributed by atoms with E-state index in [9.17, 15) is 4.79 Å². The van der Waals surface area contributed by atoms with E-state index in [0.29, 0.717) is 24.8 Å². The number of carbonyl (C=O) groups is 1. The summed E-state index contributed by atoms with van der Waals surface area (Å²) < 4.78 is 11.1. The van der Waals surface area contributed by atoms with Crippen LogP contribution in [0, 0.1) is 0 Å². The van der Waals surface area contributed by atoms with Gasteiger partial charge < -0.3 is 19.7 Å². The fourth-order valence-corrected chi connectivity index (χ4v) is 2.54. The van der Waals surface area contributed by atoms with Crippen molar-refractivity contribution in [3.05, 3.63) is 23.2 Å². The number of halogens is 1. The predicted octanol–water partition coefficient (Wildman–Crippen LogP) is 2.89. The van der Waals surface area contributed by atoms with Crippen LogP contribution in [0.2, 0.25) is 5.02 Å². The molecule has 2 rings (SSSR count). The quantitative estimate of drug-likeness (QED) is 0.821. The number of hydrogen-bond donors (Lipinski definition) is 1. The molecule has 0 fully saturated rings. The molecular weight excluding hydrogens is 292 g/mol. The van der Waals surface area contributed by atoms with Crippen LogP contribution in [0.3, 0.4) is 0 Å². The number of fused-ring (bicyclic) bond motifs is 1. The van der Waals surface area contributed by atoms with Crippen molar-refractivity contribution in [1.82, 2.24) is 0 Å². The van der Waals surface area contributed by atoms with Gasteiger partial charge in [0.05, 0.1) is 17.9 Å². The van der Waals surface area contributed by atoms with Crippen LogP contribution in [0.15, 0.2) is 18.2 Å². The topological polar surface area (TPSA) is 50.8 Å². The number of amides is 1. The third-order valence-electron chi connectivity index (χ3n) is 3.29. The third kappa shape index (κ3) is 3.67. The zero-order valence-electron chi connectivity index (χ0n) is 12.6. The number of nitrogens with zero attached hydrogens (tertiary/aromatic N) is 1. The largest absolute Gasteiger partial charge is 0.372 e. The van der Waals surface area contributed by atoms with Gasteiger partial charge in [-0.1, -0.05) is 11.6 Å². The number of rotatable bonds is 6. The molecule has 0 aliphatic carbocycles. The monoisotopic (exact) mass is 312 g/mol. The Labute approximate surface area is 130 Å². The SMILES string of the molecule is CCOC(CN1C(=O)C(C)Nc2cc(Cl)ccc21)OCC. The molecule has 1 aromatic rings. The summed E-state index contributed by atoms with van der Waals surface area (Å²) in [4.78, 5) is 14.1. The number of hydrogen-bond acceptors (Lipinski definition) is 4. The molecule has 116 valence electrons. The maximum absolute atomic E-state index is 12.4. The molecule has 1 aliphatic rings. The molecule has 1 atom stereocenters. The number of nitrogens with one attached hydrogen (secondary N) is 1. The van der Waals surface area contributed by atoms with Crippen LogP contribution in [0.1, 0.15) is 20.8 Å². The first kappa shape index (κ1) is 16.1. The highest BCUT2D eigenvalue weighted by Crippen LogP contribution is 2.34. The van der Waals surface area contributed by atoms with Crippen LogP contribution in [-0.4, -0.2) is 38.0 Å². The predicted molar refractivity (Wildman–Crippen MR) is 83.9 cm³/mol. The summed E-state index contributed by atoms with van der Waals surface area (Å²) in [5, 5.41) is 3.79. The second-order valence-electron chi connectivity index (χ2n) is 4.82. The molecule has 1 amide bonds. The van der Waals surface area contributed by atoms with E-state index in [1.165, 1.54) is 0 Å². The minimum absolute atomic E-state index is 0.00534. The molecule has 21 heavy (non-hydrogen) atoms. The first-order valence-electron chi connectivity index (χ1n) is 7.17. The van der Waals surface area contributed by atoms with Gasteiger partial charge in [0, 0.05) is 18.2 Å². The van der Waals surface area contributed by atoms with E-state index in [1.807, 2.05) is 32.9 Å². The fourth-order valence-electron chi connectivity index (χ4n) is 2.37. The molecule has 0 bridgehead atoms. The van der Waals surface area contributed by atoms with Crippen molar-refractivity contribution in [2.45, 2.75) is 33.1 Å². The maximum Gasteiger partial charge on any atom is 0.249 e. The molecule has 1 N–H and O–H groups in total. The molecule has 0 saturated heterocycles. The van der Waals surface area contributed by atoms with Gasteiger partial charge in [-0.3, -0.25) is 4.79 Å². The Balaban J connectivity index is 2.26. The highest BCUT2D eigenvalue weighted by Gasteiger charge is 2.31. The Morgan fingerprint density at radius 1 is 1.33 bits per heavy atom. The van der Waals surface area contributed by atoms with Crippen molar-refractivity contribution in [1.29, 1.82) is 0 Å². The Bertz CT molecular complexity index is 504. The van der Waals surface area contributed by atoms with Gasteiger partial charge in [0.25, 0.3) is 0 Å². The Morgan fingerprint density at radius 2 is 2.00 bits per heavy atom. The van der Waals surface area contributed by atoms with E-state index in [-0.39, 0.29) is 11.9 Å². The van der Waals surface area contributed by atoms with Gasteiger partial charge in [-0.25, -0.2) is 0 Å². The molecule has 0 radical (unpaired) electrons. The fraction of sp³-hybridized carbons (Fsp3) is 0.533. The lowest BCUT2D eigenvalue weighted by molar-refractivity contribution is -0.136. The minimum atomic E-state index is -0.433. The highest BCUT2D eigenvalue weighted by atomic mass is 35.5. The Morgan fingerprint density at radius 3 is 2.62 bits per heavy atom. The summed E-state index contributed by atoms with van der Waals surface area (Å²) in [5.74, 6) is -0.00534. The smallest absolute Gasteiger partial charge is 0.249 e. The average molecular weight is 313 g/mol. The normalized spacial score (nSPS) is 17.9. The summed E-state index contributed by atoms with van der Waals surface area (Å²) in [7, 11) is 0. The number of benzene rings is 1. The first-order valence-corrected chi connectivity index (χ1v) is 7.55. The van der Waals surface area contributed by atoms with Crippen LogP contribution < -0.4 is 10.2 Å². The zero-order chi connectivity index (χ0) is 15.4. The van der Waals surface area contributed by atoms with Gasteiger partial charge in [0.15, 0.2) is 6.29 Å². The van der Waals surface area contributed by atoms with Gasteiger partial charge in [-0.2, -0.15) is 0 Å². The van der Waals surface area contributed by atoms with E-state index in [1.54, 1.807) is 11.0 Å². The molecule has 6 heteroatoms. The average Bonchev–Trinajstić information content (AvgIpc) is 2.44. The second-order valence-corrected chi connectivity index (χ2v) is 5.25. The lowest BCUT2D eigenvalue weighted by atomic mass is 10.1. The third-order valence-corrected chi connectivity index (χ3v) is 3.53. The lowest BCUT2D eigenvalue weighted by Gasteiger charge is -2.35. The van der Waals surface area contributed by atoms with Crippen molar-refractivity contribution in [2.75, 3.05) is 30.0 Å². The minimum Gasteiger partial charge on any atom is -0.372 e. The van der Waals surface area contributed by atoms with Crippen LogP contribution in [0.5, 0.6) is 0 Å². The summed E-state index contributed by atoms with van der Waals surface area (Å²) in [6, 6.07) is 5.13. The van der Waals surface area contributed by atoms with Gasteiger partial charge >= 0.3 is 0 Å². The van der Waals surface area contributed by atoms with Crippen molar-refractivity contribution in [3.63, 3.8) is 0 Å². The van der Waals surface area contributed by atoms with Gasteiger partial charge in [0.2, 0.25) is 5.91 Å². The molecule has 0 spiro atoms. The maximum atomic E-state index is 12.4. The van der Waals surface area contributed by atoms with Crippen LogP contribution in [-0.2, 0) is 14.3 Å². The lowest BCUT2D eigenvalue weighted by Crippen LogP contribution is -2.49. The zero-order valence-corrected chi connectivity index (χ0v) is 13.3. The summed E-state index contributed by atoms with van der Waals surface area (Å²) in [5.41, 5.74) is 1.65. The molecule has 1 heterocycles. The van der Waals surface area contributed by atoms with Crippen molar-refractivity contribution >= 4 is 28.9 Å². The van der Waals surface area contributed by atoms with Crippen molar-refractivity contribution in [2.24, 2.45) is 0 Å². The summed E-state index contributed by atoms with van der Waals surface area (Å²) in [6.45, 7) is 7.07. The second kappa shape index (κ2) is 7.11. The molecule has 1 aromatic carbocycles. The van der Waals surface area contributed by atoms with Crippen LogP contribution in [0.25, 0.3) is 0 Å². The number of carbonyl (C=O) groups excluding carboxylic acids is 1. The Hall–Kier alpha value is -1.30. The molecule has 1 unspecified atom stereocenters. The van der Waals surface area contributed by atoms with E-state index in [2.05, 4.69) is 5.32 Å². The van der Waals surface area contributed by atoms with E-state index >= 15 is 0 Å². The Kier molecular flexibility index (Phi) is 5.45.